The average molecular weight is 329 g/mol. The Labute approximate surface area is 119 Å². The zero-order chi connectivity index (χ0) is 13.1. The fourth-order valence-corrected chi connectivity index (χ4v) is 2.31. The molecule has 0 aliphatic heterocycles. The van der Waals surface area contributed by atoms with E-state index in [1.165, 1.54) is 12.1 Å². The van der Waals surface area contributed by atoms with Gasteiger partial charge in [0, 0.05) is 11.0 Å². The van der Waals surface area contributed by atoms with Gasteiger partial charge in [0.2, 0.25) is 0 Å². The van der Waals surface area contributed by atoms with Gasteiger partial charge in [-0.3, -0.25) is 0 Å². The van der Waals surface area contributed by atoms with E-state index in [-0.39, 0.29) is 5.82 Å². The van der Waals surface area contributed by atoms with Gasteiger partial charge in [-0.15, -0.1) is 0 Å². The quantitative estimate of drug-likeness (QED) is 0.820. The van der Waals surface area contributed by atoms with Crippen LogP contribution in [0.1, 0.15) is 11.1 Å². The third-order valence-electron chi connectivity index (χ3n) is 2.61. The Balaban J connectivity index is 2.13. The van der Waals surface area contributed by atoms with E-state index < -0.39 is 0 Å². The molecule has 0 heterocycles. The van der Waals surface area contributed by atoms with E-state index in [2.05, 4.69) is 21.2 Å². The van der Waals surface area contributed by atoms with E-state index in [1.807, 2.05) is 25.1 Å². The van der Waals surface area contributed by atoms with Gasteiger partial charge in [0.25, 0.3) is 0 Å². The number of aryl methyl sites for hydroxylation is 1. The predicted octanol–water partition coefficient (Wildman–Crippen LogP) is 5.16. The lowest BCUT2D eigenvalue weighted by molar-refractivity contribution is 0.626. The van der Waals surface area contributed by atoms with Crippen LogP contribution in [0.2, 0.25) is 5.02 Å². The molecule has 0 fully saturated rings. The summed E-state index contributed by atoms with van der Waals surface area (Å²) in [5.74, 6) is -0.251. The van der Waals surface area contributed by atoms with E-state index in [0.717, 1.165) is 21.3 Å². The highest BCUT2D eigenvalue weighted by atomic mass is 79.9. The molecule has 0 bridgehead atoms. The van der Waals surface area contributed by atoms with Gasteiger partial charge in [-0.05, 0) is 42.3 Å². The average Bonchev–Trinajstić information content (AvgIpc) is 2.32. The molecule has 0 saturated heterocycles. The number of nitrogens with one attached hydrogen (secondary N) is 1. The Hall–Kier alpha value is -1.06. The Morgan fingerprint density at radius 2 is 2.00 bits per heavy atom. The van der Waals surface area contributed by atoms with Gasteiger partial charge in [0.15, 0.2) is 0 Å². The first-order chi connectivity index (χ1) is 8.56. The van der Waals surface area contributed by atoms with Gasteiger partial charge >= 0.3 is 0 Å². The monoisotopic (exact) mass is 327 g/mol. The van der Waals surface area contributed by atoms with Crippen molar-refractivity contribution in [1.29, 1.82) is 0 Å². The van der Waals surface area contributed by atoms with Crippen LogP contribution < -0.4 is 5.32 Å². The fraction of sp³-hybridized carbons (Fsp3) is 0.143. The van der Waals surface area contributed by atoms with Crippen LogP contribution in [0, 0.1) is 12.7 Å². The summed E-state index contributed by atoms with van der Waals surface area (Å²) in [6.45, 7) is 2.60. The summed E-state index contributed by atoms with van der Waals surface area (Å²) < 4.78 is 13.7. The van der Waals surface area contributed by atoms with Crippen molar-refractivity contribution in [2.45, 2.75) is 13.5 Å². The minimum atomic E-state index is -0.251. The van der Waals surface area contributed by atoms with Crippen LogP contribution in [-0.4, -0.2) is 0 Å². The molecule has 2 rings (SSSR count). The van der Waals surface area contributed by atoms with Crippen molar-refractivity contribution in [2.75, 3.05) is 5.32 Å². The minimum Gasteiger partial charge on any atom is -0.380 e. The molecule has 0 unspecified atom stereocenters. The van der Waals surface area contributed by atoms with Crippen molar-refractivity contribution >= 4 is 33.2 Å². The van der Waals surface area contributed by atoms with E-state index in [9.17, 15) is 4.39 Å². The van der Waals surface area contributed by atoms with Crippen molar-refractivity contribution in [1.82, 2.24) is 0 Å². The molecule has 0 aromatic heterocycles. The second-order valence-corrected chi connectivity index (χ2v) is 5.33. The summed E-state index contributed by atoms with van der Waals surface area (Å²) in [6, 6.07) is 10.4. The lowest BCUT2D eigenvalue weighted by Crippen LogP contribution is -2.01. The van der Waals surface area contributed by atoms with Crippen LogP contribution in [0.25, 0.3) is 0 Å². The molecule has 2 aromatic carbocycles. The first kappa shape index (κ1) is 13.4. The number of halogens is 3. The molecular formula is C14H12BrClFN. The molecule has 4 heteroatoms. The van der Waals surface area contributed by atoms with Gasteiger partial charge in [0.05, 0.1) is 10.7 Å². The Morgan fingerprint density at radius 3 is 2.72 bits per heavy atom. The van der Waals surface area contributed by atoms with Gasteiger partial charge in [-0.2, -0.15) is 0 Å². The van der Waals surface area contributed by atoms with Crippen LogP contribution in [-0.2, 0) is 6.54 Å². The second kappa shape index (κ2) is 5.72. The lowest BCUT2D eigenvalue weighted by Gasteiger charge is -2.10. The molecule has 0 amide bonds. The van der Waals surface area contributed by atoms with Crippen LogP contribution >= 0.6 is 27.5 Å². The first-order valence-electron chi connectivity index (χ1n) is 5.50. The molecule has 0 aliphatic rings. The highest BCUT2D eigenvalue weighted by Gasteiger charge is 2.04. The molecule has 0 atom stereocenters. The maximum atomic E-state index is 13.0. The zero-order valence-corrected chi connectivity index (χ0v) is 12.1. The lowest BCUT2D eigenvalue weighted by atomic mass is 10.2. The predicted molar refractivity (Wildman–Crippen MR) is 77.6 cm³/mol. The topological polar surface area (TPSA) is 12.0 Å². The van der Waals surface area contributed by atoms with E-state index in [1.54, 1.807) is 6.07 Å². The van der Waals surface area contributed by atoms with Gasteiger partial charge in [-0.25, -0.2) is 4.39 Å². The summed E-state index contributed by atoms with van der Waals surface area (Å²) in [5.41, 5.74) is 3.00. The molecule has 0 aliphatic carbocycles. The van der Waals surface area contributed by atoms with E-state index in [4.69, 9.17) is 11.6 Å². The standard InChI is InChI=1S/C14H12BrClFN/c1-9-2-5-13(16)14(6-9)18-8-10-3-4-11(17)7-12(10)15/h2-7,18H,8H2,1H3. The largest absolute Gasteiger partial charge is 0.380 e. The fourth-order valence-electron chi connectivity index (χ4n) is 1.63. The van der Waals surface area contributed by atoms with Gasteiger partial charge < -0.3 is 5.32 Å². The smallest absolute Gasteiger partial charge is 0.124 e. The molecule has 0 spiro atoms. The highest BCUT2D eigenvalue weighted by molar-refractivity contribution is 9.10. The van der Waals surface area contributed by atoms with Crippen molar-refractivity contribution < 1.29 is 4.39 Å². The summed E-state index contributed by atoms with van der Waals surface area (Å²) >= 11 is 9.43. The molecule has 2 aromatic rings. The molecule has 18 heavy (non-hydrogen) atoms. The van der Waals surface area contributed by atoms with Crippen molar-refractivity contribution in [3.8, 4) is 0 Å². The number of hydrogen-bond acceptors (Lipinski definition) is 1. The van der Waals surface area contributed by atoms with Gasteiger partial charge in [0.1, 0.15) is 5.82 Å². The summed E-state index contributed by atoms with van der Waals surface area (Å²) in [4.78, 5) is 0. The van der Waals surface area contributed by atoms with E-state index in [0.29, 0.717) is 11.6 Å². The SMILES string of the molecule is Cc1ccc(Cl)c(NCc2ccc(F)cc2Br)c1. The summed E-state index contributed by atoms with van der Waals surface area (Å²) in [6.07, 6.45) is 0. The van der Waals surface area contributed by atoms with Gasteiger partial charge in [-0.1, -0.05) is 39.7 Å². The van der Waals surface area contributed by atoms with Crippen LogP contribution in [0.15, 0.2) is 40.9 Å². The van der Waals surface area contributed by atoms with Crippen molar-refractivity contribution in [3.05, 3.63) is 62.8 Å². The Morgan fingerprint density at radius 1 is 1.22 bits per heavy atom. The normalized spacial score (nSPS) is 10.4. The second-order valence-electron chi connectivity index (χ2n) is 4.07. The number of benzene rings is 2. The number of hydrogen-bond donors (Lipinski definition) is 1. The third kappa shape index (κ3) is 3.24. The third-order valence-corrected chi connectivity index (χ3v) is 3.67. The zero-order valence-electron chi connectivity index (χ0n) is 9.81. The number of rotatable bonds is 3. The van der Waals surface area contributed by atoms with Crippen molar-refractivity contribution in [3.63, 3.8) is 0 Å². The molecular weight excluding hydrogens is 317 g/mol. The maximum absolute atomic E-state index is 13.0. The Kier molecular flexibility index (Phi) is 4.25. The van der Waals surface area contributed by atoms with Crippen LogP contribution in [0.5, 0.6) is 0 Å². The molecule has 0 saturated carbocycles. The molecule has 0 radical (unpaired) electrons. The van der Waals surface area contributed by atoms with E-state index >= 15 is 0 Å². The molecule has 1 N–H and O–H groups in total. The summed E-state index contributed by atoms with van der Waals surface area (Å²) in [5, 5.41) is 3.93. The minimum absolute atomic E-state index is 0.251. The maximum Gasteiger partial charge on any atom is 0.124 e. The Bertz CT molecular complexity index is 572. The highest BCUT2D eigenvalue weighted by Crippen LogP contribution is 2.25. The molecule has 94 valence electrons. The first-order valence-corrected chi connectivity index (χ1v) is 6.67. The van der Waals surface area contributed by atoms with Crippen molar-refractivity contribution in [2.24, 2.45) is 0 Å². The number of anilines is 1. The molecule has 1 nitrogen and oxygen atoms in total. The van der Waals surface area contributed by atoms with Crippen LogP contribution in [0.4, 0.5) is 10.1 Å². The van der Waals surface area contributed by atoms with Crippen LogP contribution in [0.3, 0.4) is 0 Å². The summed E-state index contributed by atoms with van der Waals surface area (Å²) in [7, 11) is 0.